The molecule has 0 nitrogen and oxygen atoms in total. The SMILES string of the molecule is [2H]c1cc2c(c([2H])c1[2H])-c1c([2H])c([2H])c([2H])c([2H])c1C21c2c([2H])c([2H])c([2H])c([2H])c2-c2c([2H])c([2H])c(-c3c([2H])c([2H])c([2H])c([2H])c3-c3c([2H])c([2H])c4c5c([2H])c([2H])c([2H])c([2H])c5c5c([2H])c([2H])c([2H])c([2H])c5c4c3[2H])c([2H])c21. The zero-order valence-electron chi connectivity index (χ0n) is 53.6. The molecule has 226 valence electrons. The van der Waals surface area contributed by atoms with Crippen LogP contribution in [0, 0.1) is 0 Å². The number of benzene rings is 9. The quantitative estimate of drug-likeness (QED) is 0.164. The molecule has 0 aliphatic heterocycles. The van der Waals surface area contributed by atoms with Gasteiger partial charge in [-0.1, -0.05) is 169 Å². The maximum absolute atomic E-state index is 10.4. The highest BCUT2D eigenvalue weighted by Crippen LogP contribution is 2.63. The zero-order chi connectivity index (χ0) is 57.3. The molecule has 0 amide bonds. The van der Waals surface area contributed by atoms with E-state index in [1.807, 2.05) is 0 Å². The van der Waals surface area contributed by atoms with Crippen LogP contribution in [0.4, 0.5) is 0 Å². The number of hydrogen-bond acceptors (Lipinski definition) is 0. The van der Waals surface area contributed by atoms with Gasteiger partial charge in [-0.3, -0.25) is 0 Å². The minimum absolute atomic E-state index is 0.385. The second-order valence-corrected chi connectivity index (χ2v) is 11.3. The summed E-state index contributed by atoms with van der Waals surface area (Å²) in [4.78, 5) is 0. The average Bonchev–Trinajstić information content (AvgIpc) is 3.63. The molecule has 1 spiro atoms. The van der Waals surface area contributed by atoms with Crippen LogP contribution in [0.5, 0.6) is 0 Å². The van der Waals surface area contributed by atoms with E-state index in [0.717, 1.165) is 6.07 Å². The monoisotopic (exact) mass is 647 g/mol. The molecule has 0 N–H and O–H groups in total. The lowest BCUT2D eigenvalue weighted by Gasteiger charge is -2.30. The van der Waals surface area contributed by atoms with Gasteiger partial charge in [-0.2, -0.15) is 0 Å². The molecule has 9 aromatic rings. The molecule has 0 aromatic heterocycles. The third-order valence-electron chi connectivity index (χ3n) is 9.09. The normalized spacial score (nSPS) is 23.7. The van der Waals surface area contributed by atoms with E-state index in [4.69, 9.17) is 21.9 Å². The van der Waals surface area contributed by atoms with E-state index in [2.05, 4.69) is 0 Å². The molecule has 0 saturated heterocycles. The van der Waals surface area contributed by atoms with Gasteiger partial charge in [0.25, 0.3) is 0 Å². The van der Waals surface area contributed by atoms with Crippen LogP contribution in [0.1, 0.15) is 62.0 Å². The fourth-order valence-corrected chi connectivity index (χ4v) is 7.15. The minimum Gasteiger partial charge on any atom is -0.0619 e. The van der Waals surface area contributed by atoms with E-state index < -0.39 is 274 Å². The summed E-state index contributed by atoms with van der Waals surface area (Å²) in [6.07, 6.45) is 0. The highest BCUT2D eigenvalue weighted by molar-refractivity contribution is 6.25. The predicted molar refractivity (Wildman–Crippen MR) is 206 cm³/mol. The van der Waals surface area contributed by atoms with Crippen molar-refractivity contribution < 1.29 is 39.8 Å². The van der Waals surface area contributed by atoms with E-state index in [9.17, 15) is 17.8 Å². The zero-order valence-corrected chi connectivity index (χ0v) is 24.6. The lowest BCUT2D eigenvalue weighted by Crippen LogP contribution is -2.25. The Morgan fingerprint density at radius 3 is 1.31 bits per heavy atom. The molecule has 0 fully saturated rings. The van der Waals surface area contributed by atoms with Crippen molar-refractivity contribution >= 4 is 32.3 Å². The highest BCUT2D eigenvalue weighted by atomic mass is 14.5. The largest absolute Gasteiger partial charge is 0.0725 e. The van der Waals surface area contributed by atoms with Gasteiger partial charge in [-0.05, 0) is 111 Å². The van der Waals surface area contributed by atoms with Crippen LogP contribution < -0.4 is 0 Å². The molecule has 49 heavy (non-hydrogen) atoms. The summed E-state index contributed by atoms with van der Waals surface area (Å²) in [6, 6.07) is -25.6. The molecule has 9 aromatic carbocycles. The first-order valence-electron chi connectivity index (χ1n) is 29.3. The van der Waals surface area contributed by atoms with E-state index in [-0.39, 0.29) is 5.56 Å². The molecule has 1 atom stereocenters. The second kappa shape index (κ2) is 9.89. The Morgan fingerprint density at radius 2 is 0.694 bits per heavy atom. The molecule has 11 rings (SSSR count). The third kappa shape index (κ3) is 3.48. The molecule has 0 bridgehead atoms. The molecule has 0 heterocycles. The Bertz CT molecular complexity index is 4420. The van der Waals surface area contributed by atoms with Gasteiger partial charge in [0.15, 0.2) is 0 Å². The number of fused-ring (bicyclic) bond motifs is 16. The van der Waals surface area contributed by atoms with Gasteiger partial charge in [-0.25, -0.2) is 0 Å². The summed E-state index contributed by atoms with van der Waals surface area (Å²) in [7, 11) is 0. The maximum atomic E-state index is 10.4. The maximum Gasteiger partial charge on any atom is 0.0725 e. The summed E-state index contributed by atoms with van der Waals surface area (Å²) in [5.41, 5.74) is -10.6. The van der Waals surface area contributed by atoms with Gasteiger partial charge in [-0.15, -0.1) is 0 Å². The van der Waals surface area contributed by atoms with Crippen molar-refractivity contribution in [1.82, 2.24) is 0 Å². The van der Waals surface area contributed by atoms with Crippen molar-refractivity contribution in [3.63, 3.8) is 0 Å². The van der Waals surface area contributed by atoms with Crippen LogP contribution in [0.3, 0.4) is 0 Å². The van der Waals surface area contributed by atoms with E-state index in [1.54, 1.807) is 0 Å². The Hall–Kier alpha value is -6.24. The number of hydrogen-bond donors (Lipinski definition) is 0. The van der Waals surface area contributed by atoms with Gasteiger partial charge >= 0.3 is 0 Å². The van der Waals surface area contributed by atoms with Crippen molar-refractivity contribution in [1.29, 1.82) is 0 Å². The van der Waals surface area contributed by atoms with E-state index in [1.165, 1.54) is 0 Å². The average molecular weight is 648 g/mol. The minimum atomic E-state index is -2.69. The van der Waals surface area contributed by atoms with Crippen LogP contribution in [-0.4, -0.2) is 0 Å². The Labute approximate surface area is 326 Å². The Kier molecular flexibility index (Phi) is 2.25. The van der Waals surface area contributed by atoms with Crippen molar-refractivity contribution in [2.45, 2.75) is 5.41 Å². The van der Waals surface area contributed by atoms with Gasteiger partial charge in [0.1, 0.15) is 0 Å². The van der Waals surface area contributed by atoms with Crippen LogP contribution in [0.15, 0.2) is 181 Å². The fourth-order valence-electron chi connectivity index (χ4n) is 7.15. The predicted octanol–water partition coefficient (Wildman–Crippen LogP) is 12.8. The third-order valence-corrected chi connectivity index (χ3v) is 9.09. The highest BCUT2D eigenvalue weighted by Gasteiger charge is 2.51. The van der Waals surface area contributed by atoms with Crippen LogP contribution in [0.25, 0.3) is 76.8 Å². The molecule has 0 radical (unpaired) electrons. The van der Waals surface area contributed by atoms with Gasteiger partial charge < -0.3 is 0 Å². The molecule has 2 aliphatic rings. The summed E-state index contributed by atoms with van der Waals surface area (Å²) in [6.45, 7) is 0. The summed E-state index contributed by atoms with van der Waals surface area (Å²) < 4.78 is 266. The summed E-state index contributed by atoms with van der Waals surface area (Å²) in [5, 5.41) is -3.41. The van der Waals surface area contributed by atoms with Crippen LogP contribution >= 0.6 is 0 Å². The first-order chi connectivity index (χ1) is 36.4. The van der Waals surface area contributed by atoms with Gasteiger partial charge in [0.2, 0.25) is 0 Å². The Balaban J connectivity index is 1.41. The fraction of sp³-hybridized carbons (Fsp3) is 0.0204. The van der Waals surface area contributed by atoms with Crippen molar-refractivity contribution in [2.24, 2.45) is 0 Å². The second-order valence-electron chi connectivity index (χ2n) is 11.3. The van der Waals surface area contributed by atoms with Crippen molar-refractivity contribution in [3.8, 4) is 44.5 Å². The molecule has 2 aliphatic carbocycles. The van der Waals surface area contributed by atoms with Crippen LogP contribution in [0.2, 0.25) is 0 Å². The Morgan fingerprint density at radius 1 is 0.286 bits per heavy atom. The standard InChI is InChI=1S/C49H30/c1-2-14-34(33(13-1)31-25-27-39-37-17-4-3-15-35(37)36-16-5-6-18-38(36)44(39)29-31)32-26-28-43-42-21-9-12-24-47(42)49(48(43)30-32)45-22-10-7-19-40(45)41-20-8-11-23-46(41)49/h1-30H/i1D,2D,3D,4D,5D,6D,7D,8D,9D,10D,11D,12D,13D,14D,15D,16D,17D,18D,19D,20D,21D,22D,24D,25D,26D,27D,28D,29D,30D. The summed E-state index contributed by atoms with van der Waals surface area (Å²) >= 11 is 0. The smallest absolute Gasteiger partial charge is 0.0619 e. The molecule has 0 saturated carbocycles. The van der Waals surface area contributed by atoms with Gasteiger partial charge in [0, 0.05) is 0 Å². The van der Waals surface area contributed by atoms with E-state index >= 15 is 0 Å². The van der Waals surface area contributed by atoms with Crippen molar-refractivity contribution in [2.75, 3.05) is 0 Å². The topological polar surface area (TPSA) is 0 Å². The molecule has 0 heteroatoms. The lowest BCUT2D eigenvalue weighted by molar-refractivity contribution is 0.794. The first kappa shape index (κ1) is 11.2. The molecular weight excluding hydrogens is 589 g/mol. The summed E-state index contributed by atoms with van der Waals surface area (Å²) in [5.74, 6) is 0. The van der Waals surface area contributed by atoms with Gasteiger partial charge in [0.05, 0.1) is 45.2 Å². The first-order valence-corrected chi connectivity index (χ1v) is 14.8. The van der Waals surface area contributed by atoms with Crippen molar-refractivity contribution in [3.05, 3.63) is 204 Å². The lowest BCUT2D eigenvalue weighted by atomic mass is 9.70. The molecule has 1 unspecified atom stereocenters. The van der Waals surface area contributed by atoms with E-state index in [0.29, 0.717) is 0 Å². The van der Waals surface area contributed by atoms with Crippen LogP contribution in [-0.2, 0) is 5.41 Å². The number of rotatable bonds is 2. The molecular formula is C49H30.